The molecule has 4 rings (SSSR count). The number of hydrogen-bond acceptors (Lipinski definition) is 4. The van der Waals surface area contributed by atoms with Gasteiger partial charge in [-0.1, -0.05) is 12.1 Å². The molecule has 1 unspecified atom stereocenters. The van der Waals surface area contributed by atoms with Crippen molar-refractivity contribution in [1.82, 2.24) is 14.3 Å². The quantitative estimate of drug-likeness (QED) is 0.777. The monoisotopic (exact) mass is 362 g/mol. The van der Waals surface area contributed by atoms with Gasteiger partial charge in [0.15, 0.2) is 11.0 Å². The molecule has 2 aromatic heterocycles. The molecule has 0 aliphatic carbocycles. The fourth-order valence-electron chi connectivity index (χ4n) is 3.24. The Labute approximate surface area is 154 Å². The van der Waals surface area contributed by atoms with E-state index in [0.717, 1.165) is 41.7 Å². The molecular weight excluding hydrogens is 344 g/mol. The minimum atomic E-state index is -1.52. The second-order valence-corrected chi connectivity index (χ2v) is 7.62. The molecule has 3 heterocycles. The van der Waals surface area contributed by atoms with E-state index < -0.39 is 11.0 Å². The summed E-state index contributed by atoms with van der Waals surface area (Å²) in [6.07, 6.45) is 6.74. The summed E-state index contributed by atoms with van der Waals surface area (Å²) in [6.45, 7) is 3.68. The number of nitrogens with zero attached hydrogens (tertiary/aromatic N) is 3. The van der Waals surface area contributed by atoms with E-state index in [0.29, 0.717) is 10.5 Å². The first-order valence-electron chi connectivity index (χ1n) is 8.48. The minimum Gasteiger partial charge on any atom is -0.313 e. The molecule has 0 amide bonds. The van der Waals surface area contributed by atoms with Crippen LogP contribution in [0.2, 0.25) is 0 Å². The van der Waals surface area contributed by atoms with Gasteiger partial charge in [-0.15, -0.1) is 0 Å². The van der Waals surface area contributed by atoms with E-state index in [1.165, 1.54) is 5.57 Å². The number of benzene rings is 1. The second-order valence-electron chi connectivity index (χ2n) is 6.28. The highest BCUT2D eigenvalue weighted by Gasteiger charge is 2.20. The Kier molecular flexibility index (Phi) is 4.41. The van der Waals surface area contributed by atoms with Crippen molar-refractivity contribution >= 4 is 27.6 Å². The molecule has 1 aromatic carbocycles. The van der Waals surface area contributed by atoms with E-state index in [2.05, 4.69) is 22.4 Å². The molecule has 5 nitrogen and oxygen atoms in total. The van der Waals surface area contributed by atoms with Crippen LogP contribution in [0.15, 0.2) is 53.7 Å². The molecule has 1 atom stereocenters. The van der Waals surface area contributed by atoms with Crippen LogP contribution in [-0.4, -0.2) is 26.3 Å². The minimum absolute atomic E-state index is 0.433. The van der Waals surface area contributed by atoms with Crippen LogP contribution in [-0.2, 0) is 11.0 Å². The van der Waals surface area contributed by atoms with Gasteiger partial charge in [-0.25, -0.2) is 4.21 Å². The van der Waals surface area contributed by atoms with Crippen molar-refractivity contribution in [3.8, 4) is 6.07 Å². The summed E-state index contributed by atoms with van der Waals surface area (Å²) < 4.78 is 15.1. The number of rotatable bonds is 3. The SMILES string of the molecule is Cc1ccc(C#N)c(S(=O)n2cc(C3=CCNCC3)c3ncccc32)c1. The molecular formula is C20H18N4OS. The Hall–Kier alpha value is -2.75. The highest BCUT2D eigenvalue weighted by Crippen LogP contribution is 2.30. The maximum Gasteiger partial charge on any atom is 0.158 e. The summed E-state index contributed by atoms with van der Waals surface area (Å²) >= 11 is 0. The number of aromatic nitrogens is 2. The molecule has 0 fully saturated rings. The van der Waals surface area contributed by atoms with Gasteiger partial charge < -0.3 is 5.32 Å². The van der Waals surface area contributed by atoms with Gasteiger partial charge in [-0.05, 0) is 55.3 Å². The molecule has 0 spiro atoms. The van der Waals surface area contributed by atoms with E-state index in [9.17, 15) is 9.47 Å². The number of fused-ring (bicyclic) bond motifs is 1. The van der Waals surface area contributed by atoms with Gasteiger partial charge in [0.05, 0.1) is 21.5 Å². The first-order chi connectivity index (χ1) is 12.7. The van der Waals surface area contributed by atoms with Crippen molar-refractivity contribution in [2.45, 2.75) is 18.2 Å². The van der Waals surface area contributed by atoms with E-state index >= 15 is 0 Å². The number of hydrogen-bond donors (Lipinski definition) is 1. The van der Waals surface area contributed by atoms with Crippen molar-refractivity contribution < 1.29 is 4.21 Å². The van der Waals surface area contributed by atoms with Crippen molar-refractivity contribution in [3.05, 3.63) is 65.5 Å². The van der Waals surface area contributed by atoms with E-state index in [1.807, 2.05) is 37.4 Å². The van der Waals surface area contributed by atoms with Gasteiger partial charge in [0, 0.05) is 24.5 Å². The topological polar surface area (TPSA) is 70.7 Å². The number of nitrogens with one attached hydrogen (secondary N) is 1. The first kappa shape index (κ1) is 16.7. The summed E-state index contributed by atoms with van der Waals surface area (Å²) in [5.41, 5.74) is 5.30. The highest BCUT2D eigenvalue weighted by molar-refractivity contribution is 7.83. The van der Waals surface area contributed by atoms with Crippen LogP contribution < -0.4 is 5.32 Å². The lowest BCUT2D eigenvalue weighted by atomic mass is 10.0. The first-order valence-corrected chi connectivity index (χ1v) is 9.59. The van der Waals surface area contributed by atoms with Gasteiger partial charge in [0.2, 0.25) is 0 Å². The molecule has 1 aliphatic heterocycles. The molecule has 26 heavy (non-hydrogen) atoms. The Bertz CT molecular complexity index is 1090. The smallest absolute Gasteiger partial charge is 0.158 e. The Morgan fingerprint density at radius 3 is 3.00 bits per heavy atom. The Morgan fingerprint density at radius 1 is 1.35 bits per heavy atom. The van der Waals surface area contributed by atoms with Crippen molar-refractivity contribution in [2.24, 2.45) is 0 Å². The fraction of sp³-hybridized carbons (Fsp3) is 0.200. The zero-order valence-electron chi connectivity index (χ0n) is 14.4. The third-order valence-electron chi connectivity index (χ3n) is 4.56. The predicted molar refractivity (Wildman–Crippen MR) is 103 cm³/mol. The van der Waals surface area contributed by atoms with Crippen LogP contribution >= 0.6 is 0 Å². The zero-order chi connectivity index (χ0) is 18.1. The average molecular weight is 362 g/mol. The number of pyridine rings is 1. The molecule has 0 radical (unpaired) electrons. The average Bonchev–Trinajstić information content (AvgIpc) is 3.08. The van der Waals surface area contributed by atoms with Crippen LogP contribution in [0.3, 0.4) is 0 Å². The van der Waals surface area contributed by atoms with Gasteiger partial charge in [0.25, 0.3) is 0 Å². The Balaban J connectivity index is 1.90. The zero-order valence-corrected chi connectivity index (χ0v) is 15.2. The molecule has 1 N–H and O–H groups in total. The fourth-order valence-corrected chi connectivity index (χ4v) is 4.57. The molecule has 6 heteroatoms. The third-order valence-corrected chi connectivity index (χ3v) is 5.93. The van der Waals surface area contributed by atoms with E-state index in [-0.39, 0.29) is 0 Å². The lowest BCUT2D eigenvalue weighted by Gasteiger charge is -2.12. The largest absolute Gasteiger partial charge is 0.313 e. The summed E-state index contributed by atoms with van der Waals surface area (Å²) in [6, 6.07) is 11.3. The number of nitriles is 1. The Morgan fingerprint density at radius 2 is 2.23 bits per heavy atom. The lowest BCUT2D eigenvalue weighted by Crippen LogP contribution is -2.20. The number of aryl methyl sites for hydroxylation is 1. The second kappa shape index (κ2) is 6.87. The third kappa shape index (κ3) is 2.85. The van der Waals surface area contributed by atoms with Crippen molar-refractivity contribution in [3.63, 3.8) is 0 Å². The lowest BCUT2D eigenvalue weighted by molar-refractivity contribution is 0.678. The summed E-state index contributed by atoms with van der Waals surface area (Å²) in [7, 11) is -1.52. The normalized spacial score (nSPS) is 15.5. The maximum absolute atomic E-state index is 13.4. The van der Waals surface area contributed by atoms with E-state index in [4.69, 9.17) is 0 Å². The van der Waals surface area contributed by atoms with Crippen molar-refractivity contribution in [2.75, 3.05) is 13.1 Å². The summed E-state index contributed by atoms with van der Waals surface area (Å²) in [5.74, 6) is 0. The highest BCUT2D eigenvalue weighted by atomic mass is 32.2. The predicted octanol–water partition coefficient (Wildman–Crippen LogP) is 3.16. The van der Waals surface area contributed by atoms with Crippen LogP contribution in [0.4, 0.5) is 0 Å². The van der Waals surface area contributed by atoms with Crippen LogP contribution in [0, 0.1) is 18.3 Å². The van der Waals surface area contributed by atoms with Crippen LogP contribution in [0.5, 0.6) is 0 Å². The van der Waals surface area contributed by atoms with Gasteiger partial charge in [-0.3, -0.25) is 8.96 Å². The molecule has 0 saturated heterocycles. The van der Waals surface area contributed by atoms with Gasteiger partial charge in [-0.2, -0.15) is 5.26 Å². The summed E-state index contributed by atoms with van der Waals surface area (Å²) in [4.78, 5) is 5.06. The van der Waals surface area contributed by atoms with Crippen LogP contribution in [0.1, 0.15) is 23.1 Å². The molecule has 130 valence electrons. The maximum atomic E-state index is 13.4. The molecule has 0 saturated carbocycles. The van der Waals surface area contributed by atoms with E-state index in [1.54, 1.807) is 16.2 Å². The van der Waals surface area contributed by atoms with Crippen molar-refractivity contribution in [1.29, 1.82) is 5.26 Å². The molecule has 1 aliphatic rings. The van der Waals surface area contributed by atoms with Gasteiger partial charge >= 0.3 is 0 Å². The standard InChI is InChI=1S/C20H18N4OS/c1-14-4-5-16(12-21)19(11-14)26(25)24-13-17(15-6-9-22-10-7-15)20-18(24)3-2-8-23-20/h2-6,8,11,13,22H,7,9-10H2,1H3. The summed E-state index contributed by atoms with van der Waals surface area (Å²) in [5, 5.41) is 12.7. The molecule has 3 aromatic rings. The molecule has 0 bridgehead atoms. The van der Waals surface area contributed by atoms with Gasteiger partial charge in [0.1, 0.15) is 6.07 Å². The van der Waals surface area contributed by atoms with Crippen LogP contribution in [0.25, 0.3) is 16.6 Å².